The topological polar surface area (TPSA) is 12.5 Å². The lowest BCUT2D eigenvalue weighted by molar-refractivity contribution is 0.126. The molecule has 1 heterocycles. The van der Waals surface area contributed by atoms with Gasteiger partial charge in [0.2, 0.25) is 0 Å². The van der Waals surface area contributed by atoms with E-state index in [0.717, 1.165) is 18.3 Å². The molecule has 1 aliphatic heterocycles. The third-order valence-corrected chi connectivity index (χ3v) is 5.23. The standard InChI is InChI=1S/C20H29NO/c1-5-10-22-18-9-7-6-8-16(18)13-21-15-20(4)12-17(21)11-19(2,3)14-20/h5-9,17H,1,10-15H2,2-4H3. The van der Waals surface area contributed by atoms with Gasteiger partial charge in [-0.05, 0) is 36.2 Å². The van der Waals surface area contributed by atoms with Crippen molar-refractivity contribution in [3.8, 4) is 5.75 Å². The van der Waals surface area contributed by atoms with E-state index in [9.17, 15) is 0 Å². The average molecular weight is 299 g/mol. The molecule has 2 heteroatoms. The number of nitrogens with zero attached hydrogens (tertiary/aromatic N) is 1. The largest absolute Gasteiger partial charge is 0.489 e. The van der Waals surface area contributed by atoms with Gasteiger partial charge in [0, 0.05) is 24.7 Å². The van der Waals surface area contributed by atoms with Crippen LogP contribution < -0.4 is 4.74 Å². The summed E-state index contributed by atoms with van der Waals surface area (Å²) in [4.78, 5) is 2.69. The van der Waals surface area contributed by atoms with Gasteiger partial charge in [0.25, 0.3) is 0 Å². The zero-order chi connectivity index (χ0) is 15.8. The van der Waals surface area contributed by atoms with Crippen molar-refractivity contribution >= 4 is 0 Å². The Kier molecular flexibility index (Phi) is 4.07. The molecule has 2 aliphatic rings. The zero-order valence-corrected chi connectivity index (χ0v) is 14.3. The van der Waals surface area contributed by atoms with Gasteiger partial charge in [-0.15, -0.1) is 0 Å². The lowest BCUT2D eigenvalue weighted by atomic mass is 9.65. The fourth-order valence-electron chi connectivity index (χ4n) is 4.90. The monoisotopic (exact) mass is 299 g/mol. The maximum atomic E-state index is 5.83. The molecule has 0 radical (unpaired) electrons. The number of hydrogen-bond acceptors (Lipinski definition) is 2. The Bertz CT molecular complexity index is 550. The van der Waals surface area contributed by atoms with Gasteiger partial charge in [-0.25, -0.2) is 0 Å². The van der Waals surface area contributed by atoms with Crippen molar-refractivity contribution in [3.05, 3.63) is 42.5 Å². The first kappa shape index (κ1) is 15.6. The molecule has 120 valence electrons. The molecule has 2 fully saturated rings. The van der Waals surface area contributed by atoms with E-state index in [1.165, 1.54) is 31.4 Å². The number of benzene rings is 1. The Morgan fingerprint density at radius 2 is 2.05 bits per heavy atom. The zero-order valence-electron chi connectivity index (χ0n) is 14.3. The van der Waals surface area contributed by atoms with Crippen LogP contribution in [0.25, 0.3) is 0 Å². The highest BCUT2D eigenvalue weighted by molar-refractivity contribution is 5.33. The molecule has 0 spiro atoms. The molecule has 3 rings (SSSR count). The average Bonchev–Trinajstić information content (AvgIpc) is 2.66. The summed E-state index contributed by atoms with van der Waals surface area (Å²) in [6.45, 7) is 13.9. The quantitative estimate of drug-likeness (QED) is 0.734. The second kappa shape index (κ2) is 5.73. The first-order valence-electron chi connectivity index (χ1n) is 8.47. The normalized spacial score (nSPS) is 30.2. The fourth-order valence-corrected chi connectivity index (χ4v) is 4.90. The van der Waals surface area contributed by atoms with E-state index in [1.807, 2.05) is 6.08 Å². The molecule has 2 bridgehead atoms. The van der Waals surface area contributed by atoms with E-state index in [0.29, 0.717) is 17.4 Å². The van der Waals surface area contributed by atoms with Gasteiger partial charge in [-0.2, -0.15) is 0 Å². The molecular formula is C20H29NO. The van der Waals surface area contributed by atoms with Gasteiger partial charge >= 0.3 is 0 Å². The summed E-state index contributed by atoms with van der Waals surface area (Å²) in [5, 5.41) is 0. The van der Waals surface area contributed by atoms with Gasteiger partial charge in [0.15, 0.2) is 0 Å². The Morgan fingerprint density at radius 1 is 1.27 bits per heavy atom. The molecule has 1 saturated heterocycles. The van der Waals surface area contributed by atoms with Gasteiger partial charge in [-0.1, -0.05) is 51.6 Å². The van der Waals surface area contributed by atoms with Crippen molar-refractivity contribution in [2.24, 2.45) is 10.8 Å². The molecule has 2 atom stereocenters. The summed E-state index contributed by atoms with van der Waals surface area (Å²) in [5.41, 5.74) is 2.27. The van der Waals surface area contributed by atoms with E-state index in [4.69, 9.17) is 4.74 Å². The third-order valence-electron chi connectivity index (χ3n) is 5.23. The van der Waals surface area contributed by atoms with E-state index >= 15 is 0 Å². The number of fused-ring (bicyclic) bond motifs is 2. The summed E-state index contributed by atoms with van der Waals surface area (Å²) in [6.07, 6.45) is 5.83. The SMILES string of the molecule is C=CCOc1ccccc1CN1CC2(C)CC1CC(C)(C)C2. The van der Waals surface area contributed by atoms with Crippen molar-refractivity contribution in [2.45, 2.75) is 52.6 Å². The predicted molar refractivity (Wildman–Crippen MR) is 92.1 cm³/mol. The van der Waals surface area contributed by atoms with Crippen LogP contribution in [0.5, 0.6) is 5.75 Å². The number of para-hydroxylation sites is 1. The Morgan fingerprint density at radius 3 is 2.82 bits per heavy atom. The van der Waals surface area contributed by atoms with Crippen LogP contribution in [-0.2, 0) is 6.54 Å². The number of rotatable bonds is 5. The van der Waals surface area contributed by atoms with Crippen LogP contribution in [0.15, 0.2) is 36.9 Å². The summed E-state index contributed by atoms with van der Waals surface area (Å²) in [5.74, 6) is 1.01. The summed E-state index contributed by atoms with van der Waals surface area (Å²) in [7, 11) is 0. The van der Waals surface area contributed by atoms with Crippen LogP contribution in [0, 0.1) is 10.8 Å². The molecule has 1 aromatic rings. The molecule has 22 heavy (non-hydrogen) atoms. The second-order valence-corrected chi connectivity index (χ2v) is 8.33. The van der Waals surface area contributed by atoms with E-state index < -0.39 is 0 Å². The molecule has 0 aromatic heterocycles. The predicted octanol–water partition coefficient (Wildman–Crippen LogP) is 4.65. The molecular weight excluding hydrogens is 270 g/mol. The van der Waals surface area contributed by atoms with Gasteiger partial charge in [0.1, 0.15) is 12.4 Å². The molecule has 2 nitrogen and oxygen atoms in total. The summed E-state index contributed by atoms with van der Waals surface area (Å²) in [6, 6.07) is 9.17. The molecule has 2 unspecified atom stereocenters. The minimum Gasteiger partial charge on any atom is -0.489 e. The van der Waals surface area contributed by atoms with E-state index in [-0.39, 0.29) is 0 Å². The number of likely N-dealkylation sites (tertiary alicyclic amines) is 1. The van der Waals surface area contributed by atoms with Crippen molar-refractivity contribution in [1.82, 2.24) is 4.90 Å². The van der Waals surface area contributed by atoms with E-state index in [2.05, 4.69) is 56.5 Å². The number of hydrogen-bond donors (Lipinski definition) is 0. The minimum absolute atomic E-state index is 0.477. The molecule has 0 amide bonds. The molecule has 0 N–H and O–H groups in total. The smallest absolute Gasteiger partial charge is 0.124 e. The highest BCUT2D eigenvalue weighted by Gasteiger charge is 2.49. The Hall–Kier alpha value is -1.28. The molecule has 1 aromatic carbocycles. The first-order chi connectivity index (χ1) is 10.4. The van der Waals surface area contributed by atoms with Crippen LogP contribution in [-0.4, -0.2) is 24.1 Å². The first-order valence-corrected chi connectivity index (χ1v) is 8.47. The fraction of sp³-hybridized carbons (Fsp3) is 0.600. The third kappa shape index (κ3) is 3.22. The Labute approximate surface area is 135 Å². The van der Waals surface area contributed by atoms with Crippen LogP contribution in [0.2, 0.25) is 0 Å². The maximum Gasteiger partial charge on any atom is 0.124 e. The van der Waals surface area contributed by atoms with Crippen LogP contribution in [0.1, 0.15) is 45.6 Å². The van der Waals surface area contributed by atoms with Crippen LogP contribution in [0.3, 0.4) is 0 Å². The van der Waals surface area contributed by atoms with Crippen molar-refractivity contribution < 1.29 is 4.74 Å². The van der Waals surface area contributed by atoms with Gasteiger partial charge in [-0.3, -0.25) is 4.90 Å². The van der Waals surface area contributed by atoms with Crippen molar-refractivity contribution in [1.29, 1.82) is 0 Å². The highest BCUT2D eigenvalue weighted by Crippen LogP contribution is 2.52. The lowest BCUT2D eigenvalue weighted by Gasteiger charge is -2.40. The highest BCUT2D eigenvalue weighted by atomic mass is 16.5. The molecule has 1 saturated carbocycles. The van der Waals surface area contributed by atoms with Crippen LogP contribution in [0.4, 0.5) is 0 Å². The number of ether oxygens (including phenoxy) is 1. The maximum absolute atomic E-state index is 5.83. The van der Waals surface area contributed by atoms with Crippen molar-refractivity contribution in [3.63, 3.8) is 0 Å². The minimum atomic E-state index is 0.477. The Balaban J connectivity index is 1.76. The van der Waals surface area contributed by atoms with Gasteiger partial charge in [0.05, 0.1) is 0 Å². The summed E-state index contributed by atoms with van der Waals surface area (Å²) < 4.78 is 5.83. The van der Waals surface area contributed by atoms with E-state index in [1.54, 1.807) is 0 Å². The van der Waals surface area contributed by atoms with Crippen molar-refractivity contribution in [2.75, 3.05) is 13.2 Å². The van der Waals surface area contributed by atoms with Crippen LogP contribution >= 0.6 is 0 Å². The van der Waals surface area contributed by atoms with Gasteiger partial charge < -0.3 is 4.74 Å². The lowest BCUT2D eigenvalue weighted by Crippen LogP contribution is -2.34. The molecule has 1 aliphatic carbocycles. The summed E-state index contributed by atoms with van der Waals surface area (Å²) >= 11 is 0. The second-order valence-electron chi connectivity index (χ2n) is 8.33.